The van der Waals surface area contributed by atoms with Gasteiger partial charge in [-0.3, -0.25) is 4.79 Å². The van der Waals surface area contributed by atoms with Crippen molar-refractivity contribution in [3.05, 3.63) is 29.8 Å². The van der Waals surface area contributed by atoms with Gasteiger partial charge >= 0.3 is 18.0 Å². The highest BCUT2D eigenvalue weighted by Gasteiger charge is 2.30. The number of ether oxygens (including phenoxy) is 4. The van der Waals surface area contributed by atoms with Gasteiger partial charge in [0.2, 0.25) is 0 Å². The number of amides is 1. The number of benzene rings is 1. The molecule has 8 nitrogen and oxygen atoms in total. The maximum Gasteiger partial charge on any atom is 0.408 e. The highest BCUT2D eigenvalue weighted by atomic mass is 28.3. The zero-order valence-electron chi connectivity index (χ0n) is 21.0. The van der Waals surface area contributed by atoms with Crippen LogP contribution in [0.25, 0.3) is 0 Å². The molecule has 0 fully saturated rings. The van der Waals surface area contributed by atoms with Crippen LogP contribution in [0, 0.1) is 0 Å². The summed E-state index contributed by atoms with van der Waals surface area (Å²) < 4.78 is 21.4. The largest absolute Gasteiger partial charge is 0.493 e. The molecule has 0 aromatic heterocycles. The van der Waals surface area contributed by atoms with E-state index in [2.05, 4.69) is 29.7 Å². The Kier molecular flexibility index (Phi) is 11.4. The number of alkyl carbamates (subject to hydrolysis) is 1. The van der Waals surface area contributed by atoms with Gasteiger partial charge in [-0.05, 0) is 45.7 Å². The average Bonchev–Trinajstić information content (AvgIpc) is 2.69. The number of esters is 2. The van der Waals surface area contributed by atoms with E-state index in [4.69, 9.17) is 14.2 Å². The molecule has 0 spiro atoms. The predicted octanol–water partition coefficient (Wildman–Crippen LogP) is 4.86. The number of carbonyl (C=O) groups excluding carboxylic acids is 3. The zero-order chi connectivity index (χ0) is 25.1. The topological polar surface area (TPSA) is 100 Å². The summed E-state index contributed by atoms with van der Waals surface area (Å²) in [5, 5.41) is 2.64. The Morgan fingerprint density at radius 3 is 2.30 bits per heavy atom. The minimum absolute atomic E-state index is 0.266. The van der Waals surface area contributed by atoms with Gasteiger partial charge in [0.1, 0.15) is 11.4 Å². The molecule has 0 radical (unpaired) electrons. The van der Waals surface area contributed by atoms with Gasteiger partial charge in [0.15, 0.2) is 6.04 Å². The molecule has 9 heteroatoms. The van der Waals surface area contributed by atoms with E-state index in [0.29, 0.717) is 37.2 Å². The molecule has 1 aromatic rings. The molecule has 0 saturated carbocycles. The number of rotatable bonds is 12. The second-order valence-corrected chi connectivity index (χ2v) is 15.6. The maximum atomic E-state index is 13.0. The van der Waals surface area contributed by atoms with Crippen LogP contribution in [0.4, 0.5) is 4.79 Å². The van der Waals surface area contributed by atoms with Crippen molar-refractivity contribution in [3.63, 3.8) is 0 Å². The lowest BCUT2D eigenvalue weighted by molar-refractivity contribution is -0.146. The van der Waals surface area contributed by atoms with Crippen LogP contribution in [0.15, 0.2) is 24.3 Å². The van der Waals surface area contributed by atoms with Crippen LogP contribution in [-0.2, 0) is 23.8 Å². The number of hydrogen-bond donors (Lipinski definition) is 1. The van der Waals surface area contributed by atoms with Crippen LogP contribution in [0.1, 0.15) is 51.6 Å². The fourth-order valence-corrected chi connectivity index (χ4v) is 3.45. The quantitative estimate of drug-likeness (QED) is 0.197. The Morgan fingerprint density at radius 2 is 1.70 bits per heavy atom. The molecule has 1 N–H and O–H groups in total. The van der Waals surface area contributed by atoms with E-state index in [9.17, 15) is 14.4 Å². The van der Waals surface area contributed by atoms with Crippen molar-refractivity contribution in [1.29, 1.82) is 0 Å². The molecule has 0 aliphatic rings. The highest BCUT2D eigenvalue weighted by Crippen LogP contribution is 2.27. The number of hydrogen-bond acceptors (Lipinski definition) is 7. The first-order chi connectivity index (χ1) is 15.3. The first-order valence-corrected chi connectivity index (χ1v) is 15.0. The second kappa shape index (κ2) is 13.2. The summed E-state index contributed by atoms with van der Waals surface area (Å²) in [6.07, 6.45) is 0.845. The van der Waals surface area contributed by atoms with Crippen molar-refractivity contribution >= 4 is 26.1 Å². The Balaban J connectivity index is 2.95. The van der Waals surface area contributed by atoms with Crippen molar-refractivity contribution in [3.8, 4) is 5.75 Å². The van der Waals surface area contributed by atoms with Crippen molar-refractivity contribution in [2.75, 3.05) is 20.3 Å². The van der Waals surface area contributed by atoms with Gasteiger partial charge in [-0.2, -0.15) is 0 Å². The highest BCUT2D eigenvalue weighted by molar-refractivity contribution is 6.76. The van der Waals surface area contributed by atoms with Gasteiger partial charge in [0.25, 0.3) is 0 Å². The van der Waals surface area contributed by atoms with E-state index in [1.54, 1.807) is 45.0 Å². The van der Waals surface area contributed by atoms with Crippen LogP contribution in [0.5, 0.6) is 5.75 Å². The molecule has 0 aliphatic carbocycles. The van der Waals surface area contributed by atoms with E-state index < -0.39 is 31.8 Å². The standard InChI is InChI=1S/C24H39NO7Si/c1-24(2,3)32-23(28)25-21(22(27)31-16-17-33(5,6)7)18-12-8-9-13-19(18)30-15-11-10-14-20(26)29-4/h8-9,12-13,21H,10-11,14-17H2,1-7H3,(H,25,28). The number of carbonyl (C=O) groups is 3. The SMILES string of the molecule is COC(=O)CCCCOc1ccccc1C(NC(=O)OC(C)(C)C)C(=O)OCC[Si](C)(C)C. The molecule has 1 aromatic carbocycles. The van der Waals surface area contributed by atoms with Crippen molar-refractivity contribution in [1.82, 2.24) is 5.32 Å². The van der Waals surface area contributed by atoms with Crippen molar-refractivity contribution in [2.24, 2.45) is 0 Å². The summed E-state index contributed by atoms with van der Waals surface area (Å²) >= 11 is 0. The lowest BCUT2D eigenvalue weighted by Gasteiger charge is -2.24. The van der Waals surface area contributed by atoms with Gasteiger partial charge < -0.3 is 24.3 Å². The molecule has 0 saturated heterocycles. The predicted molar refractivity (Wildman–Crippen MR) is 129 cm³/mol. The first-order valence-electron chi connectivity index (χ1n) is 11.3. The molecule has 1 rings (SSSR count). The minimum Gasteiger partial charge on any atom is -0.493 e. The number of nitrogens with one attached hydrogen (secondary N) is 1. The number of methoxy groups -OCH3 is 1. The van der Waals surface area contributed by atoms with Gasteiger partial charge in [-0.25, -0.2) is 9.59 Å². The lowest BCUT2D eigenvalue weighted by Crippen LogP contribution is -2.39. The van der Waals surface area contributed by atoms with E-state index in [1.165, 1.54) is 7.11 Å². The monoisotopic (exact) mass is 481 g/mol. The lowest BCUT2D eigenvalue weighted by atomic mass is 10.1. The molecule has 0 heterocycles. The summed E-state index contributed by atoms with van der Waals surface area (Å²) in [4.78, 5) is 36.7. The average molecular weight is 482 g/mol. The third kappa shape index (κ3) is 12.3. The first kappa shape index (κ1) is 28.5. The van der Waals surface area contributed by atoms with Gasteiger partial charge in [-0.15, -0.1) is 0 Å². The Morgan fingerprint density at radius 1 is 1.03 bits per heavy atom. The molecule has 186 valence electrons. The summed E-state index contributed by atoms with van der Waals surface area (Å²) in [6.45, 7) is 12.5. The van der Waals surface area contributed by atoms with Crippen LogP contribution < -0.4 is 10.1 Å². The van der Waals surface area contributed by atoms with Crippen LogP contribution in [0.2, 0.25) is 25.7 Å². The molecular formula is C24H39NO7Si. The smallest absolute Gasteiger partial charge is 0.408 e. The summed E-state index contributed by atoms with van der Waals surface area (Å²) in [7, 11) is -0.0394. The Hall–Kier alpha value is -2.55. The van der Waals surface area contributed by atoms with E-state index in [0.717, 1.165) is 6.04 Å². The zero-order valence-corrected chi connectivity index (χ0v) is 22.0. The minimum atomic E-state index is -1.40. The van der Waals surface area contributed by atoms with E-state index >= 15 is 0 Å². The molecule has 1 atom stereocenters. The number of unbranched alkanes of at least 4 members (excludes halogenated alkanes) is 1. The third-order valence-corrected chi connectivity index (χ3v) is 6.19. The van der Waals surface area contributed by atoms with Gasteiger partial charge in [0, 0.05) is 20.1 Å². The van der Waals surface area contributed by atoms with Crippen LogP contribution in [0.3, 0.4) is 0 Å². The molecule has 0 bridgehead atoms. The van der Waals surface area contributed by atoms with Crippen molar-refractivity contribution in [2.45, 2.75) is 77.4 Å². The number of para-hydroxylation sites is 1. The normalized spacial score (nSPS) is 12.5. The summed E-state index contributed by atoms with van der Waals surface area (Å²) in [5.41, 5.74) is -0.235. The summed E-state index contributed by atoms with van der Waals surface area (Å²) in [6, 6.07) is 6.73. The molecule has 0 aliphatic heterocycles. The van der Waals surface area contributed by atoms with Crippen molar-refractivity contribution < 1.29 is 33.3 Å². The molecule has 1 unspecified atom stereocenters. The summed E-state index contributed by atoms with van der Waals surface area (Å²) in [5.74, 6) is -0.377. The van der Waals surface area contributed by atoms with Gasteiger partial charge in [0.05, 0.1) is 20.3 Å². The van der Waals surface area contributed by atoms with E-state index in [1.807, 2.05) is 0 Å². The van der Waals surface area contributed by atoms with Gasteiger partial charge in [-0.1, -0.05) is 37.8 Å². The van der Waals surface area contributed by atoms with Crippen LogP contribution >= 0.6 is 0 Å². The third-order valence-electron chi connectivity index (χ3n) is 4.48. The Labute approximate surface area is 198 Å². The molecular weight excluding hydrogens is 442 g/mol. The van der Waals surface area contributed by atoms with Crippen LogP contribution in [-0.4, -0.2) is 52.0 Å². The van der Waals surface area contributed by atoms with E-state index in [-0.39, 0.29) is 12.6 Å². The molecule has 1 amide bonds. The molecule has 33 heavy (non-hydrogen) atoms. The Bertz CT molecular complexity index is 784. The second-order valence-electron chi connectivity index (χ2n) is 9.98. The maximum absolute atomic E-state index is 13.0. The fourth-order valence-electron chi connectivity index (χ4n) is 2.74. The fraction of sp³-hybridized carbons (Fsp3) is 0.625.